The van der Waals surface area contributed by atoms with Gasteiger partial charge in [-0.2, -0.15) is 15.0 Å². The maximum Gasteiger partial charge on any atom is 0.321 e. The smallest absolute Gasteiger partial charge is 0.321 e. The van der Waals surface area contributed by atoms with Gasteiger partial charge in [-0.05, 0) is 25.5 Å². The van der Waals surface area contributed by atoms with Crippen LogP contribution in [-0.2, 0) is 0 Å². The number of aromatic nitrogens is 3. The van der Waals surface area contributed by atoms with Gasteiger partial charge < -0.3 is 10.5 Å². The van der Waals surface area contributed by atoms with Crippen molar-refractivity contribution < 1.29 is 9.13 Å². The molecule has 0 aliphatic heterocycles. The fourth-order valence-electron chi connectivity index (χ4n) is 1.54. The Morgan fingerprint density at radius 1 is 1.28 bits per heavy atom. The van der Waals surface area contributed by atoms with E-state index < -0.39 is 0 Å². The van der Waals surface area contributed by atoms with Crippen molar-refractivity contribution in [3.05, 3.63) is 29.6 Å². The predicted molar refractivity (Wildman–Crippen MR) is 65.5 cm³/mol. The third kappa shape index (κ3) is 2.37. The molecule has 0 saturated carbocycles. The number of nitrogens with zero attached hydrogens (tertiary/aromatic N) is 3. The van der Waals surface area contributed by atoms with Gasteiger partial charge in [0.1, 0.15) is 5.82 Å². The molecule has 0 bridgehead atoms. The normalized spacial score (nSPS) is 10.4. The molecule has 0 unspecified atom stereocenters. The maximum atomic E-state index is 13.5. The molecule has 1 aromatic heterocycles. The van der Waals surface area contributed by atoms with Gasteiger partial charge in [0.2, 0.25) is 5.95 Å². The van der Waals surface area contributed by atoms with Gasteiger partial charge in [0.15, 0.2) is 5.82 Å². The summed E-state index contributed by atoms with van der Waals surface area (Å²) < 4.78 is 18.7. The minimum absolute atomic E-state index is 0.0483. The minimum atomic E-state index is -0.315. The van der Waals surface area contributed by atoms with Crippen LogP contribution in [0.1, 0.15) is 12.5 Å². The van der Waals surface area contributed by atoms with E-state index in [1.54, 1.807) is 19.1 Å². The van der Waals surface area contributed by atoms with Crippen LogP contribution in [0.4, 0.5) is 10.3 Å². The number of hydrogen-bond acceptors (Lipinski definition) is 5. The lowest BCUT2D eigenvalue weighted by atomic mass is 10.1. The zero-order chi connectivity index (χ0) is 13.1. The van der Waals surface area contributed by atoms with Crippen molar-refractivity contribution in [3.63, 3.8) is 0 Å². The average Bonchev–Trinajstić information content (AvgIpc) is 2.32. The van der Waals surface area contributed by atoms with Crippen LogP contribution in [0.2, 0.25) is 0 Å². The van der Waals surface area contributed by atoms with Gasteiger partial charge in [0.05, 0.1) is 6.61 Å². The van der Waals surface area contributed by atoms with E-state index in [0.717, 1.165) is 0 Å². The highest BCUT2D eigenvalue weighted by molar-refractivity contribution is 5.61. The van der Waals surface area contributed by atoms with Crippen molar-refractivity contribution in [1.82, 2.24) is 15.0 Å². The quantitative estimate of drug-likeness (QED) is 0.898. The van der Waals surface area contributed by atoms with E-state index in [-0.39, 0.29) is 17.8 Å². The first-order valence-electron chi connectivity index (χ1n) is 5.51. The first-order chi connectivity index (χ1) is 8.61. The molecule has 2 rings (SSSR count). The van der Waals surface area contributed by atoms with E-state index in [4.69, 9.17) is 10.5 Å². The van der Waals surface area contributed by atoms with Crippen molar-refractivity contribution >= 4 is 5.95 Å². The molecule has 2 N–H and O–H groups in total. The summed E-state index contributed by atoms with van der Waals surface area (Å²) in [6, 6.07) is 4.84. The van der Waals surface area contributed by atoms with Crippen LogP contribution < -0.4 is 10.5 Å². The van der Waals surface area contributed by atoms with E-state index in [2.05, 4.69) is 15.0 Å². The first kappa shape index (κ1) is 12.2. The number of hydrogen-bond donors (Lipinski definition) is 1. The fourth-order valence-corrected chi connectivity index (χ4v) is 1.54. The number of benzene rings is 1. The molecule has 0 aliphatic carbocycles. The van der Waals surface area contributed by atoms with Gasteiger partial charge in [-0.1, -0.05) is 12.1 Å². The zero-order valence-corrected chi connectivity index (χ0v) is 10.1. The van der Waals surface area contributed by atoms with E-state index in [9.17, 15) is 4.39 Å². The molecular formula is C12H13FN4O. The van der Waals surface area contributed by atoms with Crippen molar-refractivity contribution in [2.75, 3.05) is 12.3 Å². The summed E-state index contributed by atoms with van der Waals surface area (Å²) in [6.45, 7) is 3.89. The molecule has 0 saturated heterocycles. The lowest BCUT2D eigenvalue weighted by Crippen LogP contribution is -2.05. The van der Waals surface area contributed by atoms with Crippen molar-refractivity contribution in [2.24, 2.45) is 0 Å². The Morgan fingerprint density at radius 2 is 2.06 bits per heavy atom. The molecule has 1 heterocycles. The Hall–Kier alpha value is -2.24. The average molecular weight is 248 g/mol. The Morgan fingerprint density at radius 3 is 2.78 bits per heavy atom. The molecule has 1 aromatic carbocycles. The SMILES string of the molecule is CCOc1nc(N)nc(-c2cccc(F)c2C)n1. The van der Waals surface area contributed by atoms with E-state index in [1.807, 2.05) is 6.92 Å². The van der Waals surface area contributed by atoms with Crippen LogP contribution >= 0.6 is 0 Å². The Balaban J connectivity index is 2.53. The topological polar surface area (TPSA) is 73.9 Å². The van der Waals surface area contributed by atoms with Crippen LogP contribution in [0.5, 0.6) is 6.01 Å². The number of nitrogen functional groups attached to an aromatic ring is 1. The van der Waals surface area contributed by atoms with Crippen LogP contribution in [0.3, 0.4) is 0 Å². The summed E-state index contributed by atoms with van der Waals surface area (Å²) in [4.78, 5) is 11.9. The van der Waals surface area contributed by atoms with Crippen LogP contribution in [0.15, 0.2) is 18.2 Å². The molecule has 0 aliphatic rings. The van der Waals surface area contributed by atoms with Crippen molar-refractivity contribution in [3.8, 4) is 17.4 Å². The highest BCUT2D eigenvalue weighted by atomic mass is 19.1. The molecule has 2 aromatic rings. The molecule has 5 nitrogen and oxygen atoms in total. The van der Waals surface area contributed by atoms with E-state index >= 15 is 0 Å². The van der Waals surface area contributed by atoms with Gasteiger partial charge in [0, 0.05) is 5.56 Å². The summed E-state index contributed by atoms with van der Waals surface area (Å²) in [6.07, 6.45) is 0. The maximum absolute atomic E-state index is 13.5. The molecule has 6 heteroatoms. The van der Waals surface area contributed by atoms with Crippen molar-refractivity contribution in [1.29, 1.82) is 0 Å². The largest absolute Gasteiger partial charge is 0.464 e. The van der Waals surface area contributed by atoms with Gasteiger partial charge in [-0.15, -0.1) is 0 Å². The highest BCUT2D eigenvalue weighted by Gasteiger charge is 2.11. The summed E-state index contributed by atoms with van der Waals surface area (Å²) in [5.41, 5.74) is 6.62. The Labute approximate surface area is 104 Å². The lowest BCUT2D eigenvalue weighted by molar-refractivity contribution is 0.312. The third-order valence-electron chi connectivity index (χ3n) is 2.41. The summed E-state index contributed by atoms with van der Waals surface area (Å²) in [5.74, 6) is 0.0412. The fraction of sp³-hybridized carbons (Fsp3) is 0.250. The number of anilines is 1. The predicted octanol–water partition coefficient (Wildman–Crippen LogP) is 1.97. The number of halogens is 1. The summed E-state index contributed by atoms with van der Waals surface area (Å²) in [5, 5.41) is 0. The second kappa shape index (κ2) is 4.95. The molecular weight excluding hydrogens is 235 g/mol. The Kier molecular flexibility index (Phi) is 3.36. The van der Waals surface area contributed by atoms with E-state index in [1.165, 1.54) is 6.07 Å². The van der Waals surface area contributed by atoms with Gasteiger partial charge in [-0.3, -0.25) is 0 Å². The van der Waals surface area contributed by atoms with Gasteiger partial charge in [0.25, 0.3) is 0 Å². The third-order valence-corrected chi connectivity index (χ3v) is 2.41. The molecule has 0 spiro atoms. The summed E-state index contributed by atoms with van der Waals surface area (Å²) >= 11 is 0. The second-order valence-electron chi connectivity index (χ2n) is 3.65. The molecule has 0 atom stereocenters. The summed E-state index contributed by atoms with van der Waals surface area (Å²) in [7, 11) is 0. The van der Waals surface area contributed by atoms with Crippen LogP contribution in [0.25, 0.3) is 11.4 Å². The molecule has 0 radical (unpaired) electrons. The minimum Gasteiger partial charge on any atom is -0.464 e. The molecule has 94 valence electrons. The Bertz CT molecular complexity index is 574. The number of nitrogens with two attached hydrogens (primary N) is 1. The zero-order valence-electron chi connectivity index (χ0n) is 10.1. The van der Waals surface area contributed by atoms with Crippen LogP contribution in [0, 0.1) is 12.7 Å². The first-order valence-corrected chi connectivity index (χ1v) is 5.51. The monoisotopic (exact) mass is 248 g/mol. The number of ether oxygens (including phenoxy) is 1. The van der Waals surface area contributed by atoms with E-state index in [0.29, 0.717) is 23.6 Å². The molecule has 0 amide bonds. The highest BCUT2D eigenvalue weighted by Crippen LogP contribution is 2.23. The van der Waals surface area contributed by atoms with Gasteiger partial charge >= 0.3 is 6.01 Å². The van der Waals surface area contributed by atoms with Gasteiger partial charge in [-0.25, -0.2) is 4.39 Å². The lowest BCUT2D eigenvalue weighted by Gasteiger charge is -2.07. The second-order valence-corrected chi connectivity index (χ2v) is 3.65. The van der Waals surface area contributed by atoms with Crippen molar-refractivity contribution in [2.45, 2.75) is 13.8 Å². The molecule has 18 heavy (non-hydrogen) atoms. The molecule has 0 fully saturated rings. The van der Waals surface area contributed by atoms with Crippen LogP contribution in [-0.4, -0.2) is 21.6 Å². The number of rotatable bonds is 3. The standard InChI is InChI=1S/C12H13FN4O/c1-3-18-12-16-10(15-11(14)17-12)8-5-4-6-9(13)7(8)2/h4-6H,3H2,1-2H3,(H2,14,15,16,17).